The molecule has 0 saturated heterocycles. The Morgan fingerprint density at radius 1 is 1.50 bits per heavy atom. The molecule has 0 saturated carbocycles. The van der Waals surface area contributed by atoms with E-state index in [0.717, 1.165) is 12.8 Å². The first kappa shape index (κ1) is 7.80. The van der Waals surface area contributed by atoms with Gasteiger partial charge in [0.05, 0.1) is 0 Å². The zero-order valence-electron chi connectivity index (χ0n) is 5.61. The highest BCUT2D eigenvalue weighted by atomic mass is 35.5. The van der Waals surface area contributed by atoms with Crippen LogP contribution in [0.1, 0.15) is 12.8 Å². The van der Waals surface area contributed by atoms with Gasteiger partial charge in [-0.25, -0.2) is 4.39 Å². The summed E-state index contributed by atoms with van der Waals surface area (Å²) in [5.41, 5.74) is 0. The molecule has 10 heavy (non-hydrogen) atoms. The number of hydrogen-bond donors (Lipinski definition) is 0. The van der Waals surface area contributed by atoms with Gasteiger partial charge in [0.25, 0.3) is 0 Å². The van der Waals surface area contributed by atoms with Crippen molar-refractivity contribution in [2.24, 2.45) is 0 Å². The van der Waals surface area contributed by atoms with E-state index in [1.165, 1.54) is 12.0 Å². The van der Waals surface area contributed by atoms with Crippen LogP contribution in [0.15, 0.2) is 24.1 Å². The fourth-order valence-electron chi connectivity index (χ4n) is 0.869. The number of rotatable bonds is 2. The van der Waals surface area contributed by atoms with Crippen LogP contribution in [0, 0.1) is 5.92 Å². The molecule has 1 radical (unpaired) electrons. The van der Waals surface area contributed by atoms with Crippen molar-refractivity contribution in [1.29, 1.82) is 0 Å². The van der Waals surface area contributed by atoms with E-state index in [0.29, 0.717) is 5.88 Å². The second-order valence-electron chi connectivity index (χ2n) is 2.22. The normalized spacial score (nSPS) is 19.2. The van der Waals surface area contributed by atoms with Gasteiger partial charge >= 0.3 is 0 Å². The highest BCUT2D eigenvalue weighted by molar-refractivity contribution is 6.17. The minimum absolute atomic E-state index is 0.140. The van der Waals surface area contributed by atoms with Crippen molar-refractivity contribution in [3.63, 3.8) is 0 Å². The lowest BCUT2D eigenvalue weighted by Crippen LogP contribution is -1.96. The molecule has 2 heteroatoms. The lowest BCUT2D eigenvalue weighted by Gasteiger charge is -2.09. The van der Waals surface area contributed by atoms with E-state index in [-0.39, 0.29) is 5.83 Å². The molecule has 1 rings (SSSR count). The molecule has 1 aliphatic rings. The maximum absolute atomic E-state index is 12.3. The molecule has 0 aromatic rings. The molecular weight excluding hydrogens is 151 g/mol. The van der Waals surface area contributed by atoms with Crippen LogP contribution in [0.4, 0.5) is 4.39 Å². The fraction of sp³-hybridized carbons (Fsp3) is 0.375. The first-order valence-electron chi connectivity index (χ1n) is 3.27. The summed E-state index contributed by atoms with van der Waals surface area (Å²) >= 11 is 5.50. The van der Waals surface area contributed by atoms with Gasteiger partial charge in [-0.05, 0) is 25.0 Å². The van der Waals surface area contributed by atoms with E-state index in [1.807, 2.05) is 0 Å². The molecule has 0 aromatic carbocycles. The molecule has 0 heterocycles. The highest BCUT2D eigenvalue weighted by Gasteiger charge is 2.07. The lowest BCUT2D eigenvalue weighted by molar-refractivity contribution is 0.652. The van der Waals surface area contributed by atoms with Crippen LogP contribution in [0.25, 0.3) is 0 Å². The van der Waals surface area contributed by atoms with Gasteiger partial charge in [-0.15, -0.1) is 11.6 Å². The van der Waals surface area contributed by atoms with Crippen molar-refractivity contribution >= 4 is 11.6 Å². The van der Waals surface area contributed by atoms with Gasteiger partial charge in [0.2, 0.25) is 0 Å². The Hall–Kier alpha value is -0.300. The first-order valence-corrected chi connectivity index (χ1v) is 3.81. The summed E-state index contributed by atoms with van der Waals surface area (Å²) in [5.74, 6) is 1.68. The molecule has 55 valence electrons. The van der Waals surface area contributed by atoms with Crippen LogP contribution in [0.5, 0.6) is 0 Å². The average molecular weight is 160 g/mol. The number of hydrogen-bond acceptors (Lipinski definition) is 0. The zero-order chi connectivity index (χ0) is 7.40. The van der Waals surface area contributed by atoms with Gasteiger partial charge in [-0.2, -0.15) is 0 Å². The van der Waals surface area contributed by atoms with E-state index in [9.17, 15) is 4.39 Å². The molecule has 0 bridgehead atoms. The molecule has 0 aromatic heterocycles. The summed E-state index contributed by atoms with van der Waals surface area (Å²) in [6, 6.07) is 0. The van der Waals surface area contributed by atoms with Crippen molar-refractivity contribution in [3.05, 3.63) is 30.0 Å². The molecule has 0 nitrogen and oxygen atoms in total. The van der Waals surface area contributed by atoms with E-state index in [1.54, 1.807) is 12.2 Å². The molecule has 0 amide bonds. The Morgan fingerprint density at radius 2 is 2.30 bits per heavy atom. The number of halogens is 2. The minimum Gasteiger partial charge on any atom is -0.207 e. The van der Waals surface area contributed by atoms with Crippen LogP contribution in [-0.4, -0.2) is 5.88 Å². The summed E-state index contributed by atoms with van der Waals surface area (Å²) in [6.45, 7) is 0. The van der Waals surface area contributed by atoms with Crippen LogP contribution in [0.2, 0.25) is 0 Å². The molecule has 0 unspecified atom stereocenters. The Morgan fingerprint density at radius 3 is 2.80 bits per heavy atom. The van der Waals surface area contributed by atoms with Gasteiger partial charge in [0.1, 0.15) is 5.83 Å². The predicted octanol–water partition coefficient (Wildman–Crippen LogP) is 3.00. The molecule has 0 atom stereocenters. The van der Waals surface area contributed by atoms with E-state index in [2.05, 4.69) is 0 Å². The third-order valence-electron chi connectivity index (χ3n) is 1.45. The molecule has 0 aliphatic heterocycles. The van der Waals surface area contributed by atoms with E-state index >= 15 is 0 Å². The topological polar surface area (TPSA) is 0 Å². The molecule has 1 aliphatic carbocycles. The SMILES string of the molecule is FC1=CC[C](CCCl)C=C1. The second-order valence-corrected chi connectivity index (χ2v) is 2.60. The van der Waals surface area contributed by atoms with Crippen LogP contribution in [-0.2, 0) is 0 Å². The summed E-state index contributed by atoms with van der Waals surface area (Å²) < 4.78 is 12.3. The van der Waals surface area contributed by atoms with Gasteiger partial charge in [0.15, 0.2) is 0 Å². The van der Waals surface area contributed by atoms with Crippen molar-refractivity contribution in [2.75, 3.05) is 5.88 Å². The van der Waals surface area contributed by atoms with Gasteiger partial charge in [-0.3, -0.25) is 0 Å². The second kappa shape index (κ2) is 3.77. The van der Waals surface area contributed by atoms with E-state index < -0.39 is 0 Å². The number of alkyl halides is 1. The molecule has 0 N–H and O–H groups in total. The fourth-order valence-corrected chi connectivity index (χ4v) is 1.11. The lowest BCUT2D eigenvalue weighted by atomic mass is 9.98. The zero-order valence-corrected chi connectivity index (χ0v) is 6.37. The Balaban J connectivity index is 2.37. The van der Waals surface area contributed by atoms with Crippen molar-refractivity contribution in [1.82, 2.24) is 0 Å². The summed E-state index contributed by atoms with van der Waals surface area (Å²) in [7, 11) is 0. The summed E-state index contributed by atoms with van der Waals surface area (Å²) in [5, 5.41) is 0. The Kier molecular flexibility index (Phi) is 2.94. The monoisotopic (exact) mass is 159 g/mol. The van der Waals surface area contributed by atoms with Gasteiger partial charge in [0, 0.05) is 11.8 Å². The highest BCUT2D eigenvalue weighted by Crippen LogP contribution is 2.21. The third-order valence-corrected chi connectivity index (χ3v) is 1.64. The molecular formula is C8H9ClF. The maximum atomic E-state index is 12.3. The predicted molar refractivity (Wildman–Crippen MR) is 41.5 cm³/mol. The minimum atomic E-state index is -0.140. The Labute approximate surface area is 65.4 Å². The maximum Gasteiger partial charge on any atom is 0.118 e. The van der Waals surface area contributed by atoms with Crippen molar-refractivity contribution < 1.29 is 4.39 Å². The van der Waals surface area contributed by atoms with Crippen molar-refractivity contribution in [3.8, 4) is 0 Å². The van der Waals surface area contributed by atoms with E-state index in [4.69, 9.17) is 11.6 Å². The average Bonchev–Trinajstić information content (AvgIpc) is 1.95. The van der Waals surface area contributed by atoms with Crippen molar-refractivity contribution in [2.45, 2.75) is 12.8 Å². The quantitative estimate of drug-likeness (QED) is 0.544. The first-order chi connectivity index (χ1) is 4.83. The summed E-state index contributed by atoms with van der Waals surface area (Å²) in [6.07, 6.45) is 6.43. The largest absolute Gasteiger partial charge is 0.207 e. The van der Waals surface area contributed by atoms with Gasteiger partial charge < -0.3 is 0 Å². The Bertz CT molecular complexity index is 161. The van der Waals surface area contributed by atoms with Crippen LogP contribution >= 0.6 is 11.6 Å². The smallest absolute Gasteiger partial charge is 0.118 e. The summed E-state index contributed by atoms with van der Waals surface area (Å²) in [4.78, 5) is 0. The van der Waals surface area contributed by atoms with Crippen LogP contribution in [0.3, 0.4) is 0 Å². The van der Waals surface area contributed by atoms with Gasteiger partial charge in [-0.1, -0.05) is 6.08 Å². The third kappa shape index (κ3) is 2.14. The van der Waals surface area contributed by atoms with Crippen LogP contribution < -0.4 is 0 Å². The molecule has 0 fully saturated rings. The number of allylic oxidation sites excluding steroid dienone is 4. The molecule has 0 spiro atoms. The standard InChI is InChI=1S/C8H9ClF/c9-6-5-7-1-3-8(10)4-2-7/h1,3-4H,2,5-6H2.